The number of anilines is 1. The van der Waals surface area contributed by atoms with Gasteiger partial charge in [-0.15, -0.1) is 0 Å². The number of hydrogen-bond donors (Lipinski definition) is 0. The molecule has 1 amide bonds. The lowest BCUT2D eigenvalue weighted by Gasteiger charge is -2.30. The summed E-state index contributed by atoms with van der Waals surface area (Å²) in [5.74, 6) is -0.708. The van der Waals surface area contributed by atoms with Gasteiger partial charge >= 0.3 is 5.69 Å². The Kier molecular flexibility index (Phi) is 4.58. The molecule has 28 heavy (non-hydrogen) atoms. The highest BCUT2D eigenvalue weighted by Crippen LogP contribution is 2.28. The molecule has 0 spiro atoms. The van der Waals surface area contributed by atoms with Gasteiger partial charge in [0.1, 0.15) is 12.4 Å². The van der Waals surface area contributed by atoms with E-state index in [0.717, 1.165) is 23.0 Å². The molecule has 0 radical (unpaired) electrons. The van der Waals surface area contributed by atoms with E-state index in [1.807, 2.05) is 0 Å². The molecule has 2 heterocycles. The maximum absolute atomic E-state index is 13.7. The van der Waals surface area contributed by atoms with Crippen molar-refractivity contribution in [1.82, 2.24) is 9.13 Å². The van der Waals surface area contributed by atoms with Crippen LogP contribution in [0.15, 0.2) is 52.1 Å². The molecule has 0 saturated carbocycles. The van der Waals surface area contributed by atoms with E-state index >= 15 is 0 Å². The third kappa shape index (κ3) is 2.93. The maximum atomic E-state index is 13.7. The molecule has 1 aliphatic rings. The molecule has 144 valence electrons. The Bertz CT molecular complexity index is 1200. The van der Waals surface area contributed by atoms with E-state index < -0.39 is 11.5 Å². The Hall–Kier alpha value is -3.22. The largest absolute Gasteiger partial charge is 0.331 e. The lowest BCUT2D eigenvalue weighted by atomic mass is 10.0. The fraction of sp³-hybridized carbons (Fsp3) is 0.286. The Morgan fingerprint density at radius 1 is 1.11 bits per heavy atom. The van der Waals surface area contributed by atoms with Crippen LogP contribution in [0.3, 0.4) is 0 Å². The van der Waals surface area contributed by atoms with Gasteiger partial charge in [0.2, 0.25) is 5.91 Å². The van der Waals surface area contributed by atoms with Gasteiger partial charge in [-0.3, -0.25) is 18.7 Å². The number of carbonyl (C=O) groups excluding carboxylic acids is 1. The van der Waals surface area contributed by atoms with Crippen molar-refractivity contribution in [2.24, 2.45) is 0 Å². The first kappa shape index (κ1) is 18.2. The van der Waals surface area contributed by atoms with Gasteiger partial charge in [-0.25, -0.2) is 9.18 Å². The number of carbonyl (C=O) groups is 1. The summed E-state index contributed by atoms with van der Waals surface area (Å²) in [5, 5.41) is 0.391. The summed E-state index contributed by atoms with van der Waals surface area (Å²) in [4.78, 5) is 40.0. The highest BCUT2D eigenvalue weighted by Gasteiger charge is 2.24. The molecule has 0 aliphatic carbocycles. The zero-order chi connectivity index (χ0) is 19.8. The molecule has 7 heteroatoms. The van der Waals surface area contributed by atoms with Crippen LogP contribution in [0.4, 0.5) is 10.1 Å². The molecular formula is C21H20FN3O3. The fourth-order valence-electron chi connectivity index (χ4n) is 3.83. The number of amides is 1. The number of nitrogens with zero attached hydrogens (tertiary/aromatic N) is 3. The lowest BCUT2D eigenvalue weighted by molar-refractivity contribution is -0.119. The van der Waals surface area contributed by atoms with Crippen LogP contribution in [0.25, 0.3) is 10.9 Å². The molecule has 0 N–H and O–H groups in total. The maximum Gasteiger partial charge on any atom is 0.331 e. The minimum Gasteiger partial charge on any atom is -0.310 e. The van der Waals surface area contributed by atoms with Gasteiger partial charge in [0.05, 0.1) is 10.9 Å². The van der Waals surface area contributed by atoms with Crippen molar-refractivity contribution in [3.05, 3.63) is 74.7 Å². The molecular weight excluding hydrogens is 361 g/mol. The van der Waals surface area contributed by atoms with Gasteiger partial charge in [0.25, 0.3) is 5.56 Å². The number of para-hydroxylation sites is 1. The fourth-order valence-corrected chi connectivity index (χ4v) is 3.83. The van der Waals surface area contributed by atoms with E-state index in [-0.39, 0.29) is 24.6 Å². The summed E-state index contributed by atoms with van der Waals surface area (Å²) < 4.78 is 16.2. The van der Waals surface area contributed by atoms with E-state index in [2.05, 4.69) is 0 Å². The lowest BCUT2D eigenvalue weighted by Crippen LogP contribution is -2.44. The van der Waals surface area contributed by atoms with Crippen LogP contribution in [0.1, 0.15) is 18.9 Å². The van der Waals surface area contributed by atoms with E-state index in [9.17, 15) is 18.8 Å². The second-order valence-corrected chi connectivity index (χ2v) is 6.86. The predicted octanol–water partition coefficient (Wildman–Crippen LogP) is 2.30. The summed E-state index contributed by atoms with van der Waals surface area (Å²) in [5.41, 5.74) is 1.01. The zero-order valence-corrected chi connectivity index (χ0v) is 15.5. The van der Waals surface area contributed by atoms with Gasteiger partial charge in [-0.1, -0.05) is 18.2 Å². The Balaban J connectivity index is 1.80. The first-order valence-electron chi connectivity index (χ1n) is 9.32. The first-order chi connectivity index (χ1) is 13.5. The summed E-state index contributed by atoms with van der Waals surface area (Å²) >= 11 is 0. The molecule has 3 aromatic rings. The number of benzene rings is 2. The monoisotopic (exact) mass is 381 g/mol. The standard InChI is InChI=1S/C21H20FN3O3/c1-2-23-20(27)16-7-3-4-8-17(16)25(21(23)28)13-19(26)24-11-5-6-14-9-10-15(22)12-18(14)24/h3-4,7-10,12H,2,5-6,11,13H2,1H3. The van der Waals surface area contributed by atoms with Crippen LogP contribution in [0, 0.1) is 5.82 Å². The number of aryl methyl sites for hydroxylation is 1. The SMILES string of the molecule is CCn1c(=O)c2ccccc2n(CC(=O)N2CCCc3ccc(F)cc32)c1=O. The molecule has 0 bridgehead atoms. The molecule has 0 saturated heterocycles. The van der Waals surface area contributed by atoms with Gasteiger partial charge in [-0.05, 0) is 49.6 Å². The summed E-state index contributed by atoms with van der Waals surface area (Å²) in [7, 11) is 0. The summed E-state index contributed by atoms with van der Waals surface area (Å²) in [6.45, 7) is 2.19. The average Bonchev–Trinajstić information content (AvgIpc) is 2.71. The molecule has 1 aromatic heterocycles. The number of rotatable bonds is 3. The number of fused-ring (bicyclic) bond motifs is 2. The van der Waals surface area contributed by atoms with Crippen molar-refractivity contribution >= 4 is 22.5 Å². The van der Waals surface area contributed by atoms with Crippen molar-refractivity contribution < 1.29 is 9.18 Å². The van der Waals surface area contributed by atoms with E-state index in [0.29, 0.717) is 23.1 Å². The third-order valence-electron chi connectivity index (χ3n) is 5.21. The van der Waals surface area contributed by atoms with Crippen molar-refractivity contribution in [1.29, 1.82) is 0 Å². The van der Waals surface area contributed by atoms with E-state index in [1.54, 1.807) is 37.3 Å². The first-order valence-corrected chi connectivity index (χ1v) is 9.32. The minimum absolute atomic E-state index is 0.213. The van der Waals surface area contributed by atoms with Gasteiger partial charge in [-0.2, -0.15) is 0 Å². The molecule has 0 fully saturated rings. The molecule has 6 nitrogen and oxygen atoms in total. The smallest absolute Gasteiger partial charge is 0.310 e. The predicted molar refractivity (Wildman–Crippen MR) is 105 cm³/mol. The topological polar surface area (TPSA) is 64.3 Å². The molecule has 4 rings (SSSR count). The second-order valence-electron chi connectivity index (χ2n) is 6.86. The summed E-state index contributed by atoms with van der Waals surface area (Å²) in [6, 6.07) is 11.2. The number of hydrogen-bond acceptors (Lipinski definition) is 3. The van der Waals surface area contributed by atoms with Crippen molar-refractivity contribution in [3.63, 3.8) is 0 Å². The van der Waals surface area contributed by atoms with E-state index in [1.165, 1.54) is 21.6 Å². The normalized spacial score (nSPS) is 13.6. The van der Waals surface area contributed by atoms with Crippen LogP contribution in [0.2, 0.25) is 0 Å². The van der Waals surface area contributed by atoms with Crippen LogP contribution >= 0.6 is 0 Å². The highest BCUT2D eigenvalue weighted by atomic mass is 19.1. The van der Waals surface area contributed by atoms with Crippen LogP contribution in [-0.2, 0) is 24.3 Å². The molecule has 1 aliphatic heterocycles. The van der Waals surface area contributed by atoms with Crippen molar-refractivity contribution in [2.45, 2.75) is 32.9 Å². The van der Waals surface area contributed by atoms with Crippen LogP contribution in [-0.4, -0.2) is 21.6 Å². The van der Waals surface area contributed by atoms with Crippen molar-refractivity contribution in [3.8, 4) is 0 Å². The Morgan fingerprint density at radius 2 is 1.89 bits per heavy atom. The zero-order valence-electron chi connectivity index (χ0n) is 15.5. The molecule has 2 aromatic carbocycles. The van der Waals surface area contributed by atoms with Gasteiger partial charge in [0, 0.05) is 18.8 Å². The highest BCUT2D eigenvalue weighted by molar-refractivity contribution is 5.95. The average molecular weight is 381 g/mol. The quantitative estimate of drug-likeness (QED) is 0.699. The van der Waals surface area contributed by atoms with Crippen LogP contribution in [0.5, 0.6) is 0 Å². The van der Waals surface area contributed by atoms with Crippen molar-refractivity contribution in [2.75, 3.05) is 11.4 Å². The number of halogens is 1. The van der Waals surface area contributed by atoms with Gasteiger partial charge < -0.3 is 4.90 Å². The number of aromatic nitrogens is 2. The Morgan fingerprint density at radius 3 is 2.68 bits per heavy atom. The second kappa shape index (κ2) is 7.07. The van der Waals surface area contributed by atoms with Gasteiger partial charge in [0.15, 0.2) is 0 Å². The molecule has 0 unspecified atom stereocenters. The third-order valence-corrected chi connectivity index (χ3v) is 5.21. The summed E-state index contributed by atoms with van der Waals surface area (Å²) in [6.07, 6.45) is 1.55. The molecule has 0 atom stereocenters. The minimum atomic E-state index is -0.518. The Labute approximate surface area is 160 Å². The van der Waals surface area contributed by atoms with E-state index in [4.69, 9.17) is 0 Å². The van der Waals surface area contributed by atoms with Crippen LogP contribution < -0.4 is 16.1 Å².